The van der Waals surface area contributed by atoms with Crippen molar-refractivity contribution in [2.45, 2.75) is 30.0 Å². The third-order valence-electron chi connectivity index (χ3n) is 2.56. The second-order valence-electron chi connectivity index (χ2n) is 4.45. The molecule has 0 rings (SSSR count). The highest BCUT2D eigenvalue weighted by Gasteiger charge is 2.34. The number of hydrogen-bond acceptors (Lipinski definition) is 11. The molecule has 4 atom stereocenters. The maximum Gasteiger partial charge on any atom is 0.484 e. The molecule has 0 aliphatic carbocycles. The molecule has 0 aliphatic rings. The monoisotopic (exact) mass is 379 g/mol. The Labute approximate surface area is 145 Å². The molecule has 0 aromatic heterocycles. The number of aliphatic hydroxyl groups is 8. The van der Waals surface area contributed by atoms with E-state index in [9.17, 15) is 4.79 Å². The van der Waals surface area contributed by atoms with Gasteiger partial charge in [0.25, 0.3) is 0 Å². The zero-order valence-electron chi connectivity index (χ0n) is 12.7. The molecule has 0 aromatic rings. The number of rotatable bonds is 8. The van der Waals surface area contributed by atoms with E-state index in [4.69, 9.17) is 46.6 Å². The summed E-state index contributed by atoms with van der Waals surface area (Å²) in [6, 6.07) is 0. The predicted octanol–water partition coefficient (Wildman–Crippen LogP) is -7.94. The first-order chi connectivity index (χ1) is 10.1. The van der Waals surface area contributed by atoms with Crippen molar-refractivity contribution < 1.29 is 60.4 Å². The second kappa shape index (κ2) is 16.1. The number of carbonyl (C=O) groups is 1. The van der Waals surface area contributed by atoms with E-state index in [1.54, 1.807) is 16.6 Å². The molecule has 0 heterocycles. The van der Waals surface area contributed by atoms with Gasteiger partial charge in [0.05, 0.1) is 32.0 Å². The molecule has 0 saturated carbocycles. The lowest BCUT2D eigenvalue weighted by atomic mass is 10.0. The van der Waals surface area contributed by atoms with Crippen molar-refractivity contribution in [3.63, 3.8) is 0 Å². The van der Waals surface area contributed by atoms with Gasteiger partial charge in [0.2, 0.25) is 0 Å². The quantitative estimate of drug-likeness (QED) is 0.178. The fourth-order valence-electron chi connectivity index (χ4n) is 0.882. The van der Waals surface area contributed by atoms with Gasteiger partial charge in [-0.05, 0) is 0 Å². The van der Waals surface area contributed by atoms with Gasteiger partial charge in [0.15, 0.2) is 6.10 Å². The molecular formula is C10H26AlNO12. The van der Waals surface area contributed by atoms with E-state index in [-0.39, 0.29) is 11.0 Å². The summed E-state index contributed by atoms with van der Waals surface area (Å²) >= 11 is 1.56. The van der Waals surface area contributed by atoms with Crippen LogP contribution in [0.4, 0.5) is 0 Å². The minimum Gasteiger partial charge on any atom is -0.626 e. The molecule has 0 fully saturated rings. The standard InChI is InChI=1S/C6H12O7.C4H11NO3.Al.2H2O/c7-1-2(8)3(9)4(10)5(11)6(12)13;5-4(1-6,2-7)3-8;;;/h2-5,7-11H,1H2,(H,12,13);6-8H,1-3,5H2;;2*1H2/q;;+1;;/p-1/t2-,3-,4+,5-;;;;/m1..../s1. The fraction of sp³-hybridized carbons (Fsp3) is 0.900. The summed E-state index contributed by atoms with van der Waals surface area (Å²) in [5.41, 5.74) is 3.94. The lowest BCUT2D eigenvalue weighted by Crippen LogP contribution is -2.50. The van der Waals surface area contributed by atoms with Crippen molar-refractivity contribution in [1.29, 1.82) is 0 Å². The Morgan fingerprint density at radius 3 is 1.54 bits per heavy atom. The minimum absolute atomic E-state index is 0. The second-order valence-corrected chi connectivity index (χ2v) is 4.69. The van der Waals surface area contributed by atoms with E-state index >= 15 is 0 Å². The third kappa shape index (κ3) is 11.2. The zero-order chi connectivity index (χ0) is 17.9. The number of hydrogen-bond donors (Lipinski definition) is 9. The maximum absolute atomic E-state index is 10.7. The maximum atomic E-state index is 10.7. The summed E-state index contributed by atoms with van der Waals surface area (Å²) in [4.78, 5) is 10.7. The number of carbonyl (C=O) groups excluding carboxylic acids is 1. The molecule has 2 radical (unpaired) electrons. The molecule has 146 valence electrons. The third-order valence-corrected chi connectivity index (χ3v) is 2.79. The van der Waals surface area contributed by atoms with Crippen molar-refractivity contribution in [2.75, 3.05) is 26.4 Å². The number of aliphatic hydroxyl groups excluding tert-OH is 8. The Bertz CT molecular complexity index is 297. The van der Waals surface area contributed by atoms with E-state index in [1.807, 2.05) is 0 Å². The van der Waals surface area contributed by atoms with Gasteiger partial charge < -0.3 is 61.3 Å². The molecule has 14 heteroatoms. The summed E-state index contributed by atoms with van der Waals surface area (Å²) in [6.07, 6.45) is -7.38. The van der Waals surface area contributed by atoms with Crippen LogP contribution in [0.3, 0.4) is 0 Å². The molecule has 0 aromatic carbocycles. The molecule has 14 N–H and O–H groups in total. The van der Waals surface area contributed by atoms with Crippen LogP contribution in [0, 0.1) is 0 Å². The van der Waals surface area contributed by atoms with Gasteiger partial charge in [-0.15, -0.1) is 0 Å². The van der Waals surface area contributed by atoms with Gasteiger partial charge >= 0.3 is 22.6 Å². The fourth-order valence-corrected chi connectivity index (χ4v) is 1.02. The summed E-state index contributed by atoms with van der Waals surface area (Å²) in [5.74, 6) is -1.17. The first-order valence-corrected chi connectivity index (χ1v) is 6.46. The first kappa shape index (κ1) is 31.3. The van der Waals surface area contributed by atoms with E-state index in [0.717, 1.165) is 0 Å². The summed E-state index contributed by atoms with van der Waals surface area (Å²) in [5, 5.41) is 69.5. The summed E-state index contributed by atoms with van der Waals surface area (Å²) in [6.45, 7) is -2.01. The highest BCUT2D eigenvalue weighted by Crippen LogP contribution is 2.05. The van der Waals surface area contributed by atoms with Crippen molar-refractivity contribution in [3.8, 4) is 0 Å². The van der Waals surface area contributed by atoms with Gasteiger partial charge in [0, 0.05) is 0 Å². The Balaban J connectivity index is -0.000000174. The van der Waals surface area contributed by atoms with Crippen molar-refractivity contribution in [2.24, 2.45) is 5.73 Å². The lowest BCUT2D eigenvalue weighted by Gasteiger charge is -2.24. The average Bonchev–Trinajstić information content (AvgIpc) is 2.57. The average molecular weight is 379 g/mol. The molecule has 0 spiro atoms. The molecular weight excluding hydrogens is 353 g/mol. The molecule has 0 unspecified atom stereocenters. The first-order valence-electron chi connectivity index (χ1n) is 5.99. The molecule has 0 saturated heterocycles. The van der Waals surface area contributed by atoms with Crippen LogP contribution in [-0.4, -0.2) is 131 Å². The van der Waals surface area contributed by atoms with Gasteiger partial charge in [-0.2, -0.15) is 0 Å². The number of nitrogens with two attached hydrogens (primary N) is 1. The highest BCUT2D eigenvalue weighted by atomic mass is 27.1. The Morgan fingerprint density at radius 1 is 0.958 bits per heavy atom. The van der Waals surface area contributed by atoms with E-state index in [1.165, 1.54) is 0 Å². The molecule has 0 amide bonds. The van der Waals surface area contributed by atoms with Crippen LogP contribution >= 0.6 is 0 Å². The van der Waals surface area contributed by atoms with Crippen LogP contribution in [0.1, 0.15) is 0 Å². The smallest absolute Gasteiger partial charge is 0.484 e. The topological polar surface area (TPSA) is 277 Å². The van der Waals surface area contributed by atoms with Gasteiger partial charge in [0.1, 0.15) is 18.3 Å². The predicted molar refractivity (Wildman–Crippen MR) is 78.4 cm³/mol. The highest BCUT2D eigenvalue weighted by molar-refractivity contribution is 6.06. The van der Waals surface area contributed by atoms with Gasteiger partial charge in [-0.1, -0.05) is 0 Å². The SMILES string of the molecule is NC(CO)(CO)CO.O.O.O=C([O][Al])[C@H](O)[C@@H](O)[C@H](O)[C@H](O)CO. The van der Waals surface area contributed by atoms with Crippen LogP contribution in [0.25, 0.3) is 0 Å². The van der Waals surface area contributed by atoms with E-state index in [2.05, 4.69) is 3.79 Å². The summed E-state index contributed by atoms with van der Waals surface area (Å²) < 4.78 is 4.01. The summed E-state index contributed by atoms with van der Waals surface area (Å²) in [7, 11) is 0. The molecule has 24 heavy (non-hydrogen) atoms. The Hall–Kier alpha value is -0.438. The van der Waals surface area contributed by atoms with Crippen LogP contribution < -0.4 is 5.73 Å². The largest absolute Gasteiger partial charge is 0.626 e. The molecule has 13 nitrogen and oxygen atoms in total. The normalized spacial score (nSPS) is 15.4. The van der Waals surface area contributed by atoms with Crippen LogP contribution in [0.2, 0.25) is 0 Å². The van der Waals surface area contributed by atoms with Gasteiger partial charge in [-0.25, -0.2) is 0 Å². The van der Waals surface area contributed by atoms with E-state index < -0.39 is 62.4 Å². The zero-order valence-corrected chi connectivity index (χ0v) is 13.8. The van der Waals surface area contributed by atoms with Crippen LogP contribution in [0.15, 0.2) is 0 Å². The minimum atomic E-state index is -1.98. The lowest BCUT2D eigenvalue weighted by molar-refractivity contribution is -0.161. The van der Waals surface area contributed by atoms with Crippen molar-refractivity contribution in [3.05, 3.63) is 0 Å². The molecule has 0 aliphatic heterocycles. The van der Waals surface area contributed by atoms with Crippen molar-refractivity contribution in [1.82, 2.24) is 0 Å². The van der Waals surface area contributed by atoms with Gasteiger partial charge in [-0.3, -0.25) is 4.79 Å². The van der Waals surface area contributed by atoms with E-state index in [0.29, 0.717) is 0 Å². The Kier molecular flexibility index (Phi) is 21.0. The van der Waals surface area contributed by atoms with Crippen LogP contribution in [0.5, 0.6) is 0 Å². The Morgan fingerprint density at radius 2 is 1.33 bits per heavy atom. The molecule has 0 bridgehead atoms. The van der Waals surface area contributed by atoms with Crippen LogP contribution in [-0.2, 0) is 8.58 Å². The van der Waals surface area contributed by atoms with Crippen molar-refractivity contribution >= 4 is 22.6 Å².